The average Bonchev–Trinajstić information content (AvgIpc) is 2.79. The van der Waals surface area contributed by atoms with E-state index in [0.29, 0.717) is 0 Å². The molecule has 2 aromatic rings. The van der Waals surface area contributed by atoms with Gasteiger partial charge in [0.15, 0.2) is 0 Å². The molecule has 0 aromatic heterocycles. The smallest absolute Gasteiger partial charge is 0.0120 e. The first-order chi connectivity index (χ1) is 10.2. The van der Waals surface area contributed by atoms with Gasteiger partial charge in [-0.05, 0) is 29.5 Å². The van der Waals surface area contributed by atoms with Crippen LogP contribution in [0, 0.1) is 0 Å². The Balaban J connectivity index is 0.000000186. The zero-order valence-corrected chi connectivity index (χ0v) is 12.8. The fourth-order valence-corrected chi connectivity index (χ4v) is 3.38. The normalized spacial score (nSPS) is 17.6. The van der Waals surface area contributed by atoms with Crippen molar-refractivity contribution in [2.45, 2.75) is 32.1 Å². The molecule has 0 aliphatic heterocycles. The summed E-state index contributed by atoms with van der Waals surface area (Å²) in [6, 6.07) is 20.8. The topological polar surface area (TPSA) is 0 Å². The Morgan fingerprint density at radius 3 is 2.10 bits per heavy atom. The van der Waals surface area contributed by atoms with Gasteiger partial charge in [-0.2, -0.15) is 0 Å². The highest BCUT2D eigenvalue weighted by atomic mass is 14.4. The lowest BCUT2D eigenvalue weighted by Gasteiger charge is -2.25. The zero-order valence-electron chi connectivity index (χ0n) is 12.8. The van der Waals surface area contributed by atoms with E-state index < -0.39 is 0 Å². The first-order valence-corrected chi connectivity index (χ1v) is 7.71. The van der Waals surface area contributed by atoms with Crippen molar-refractivity contribution in [2.24, 2.45) is 0 Å². The van der Waals surface area contributed by atoms with E-state index in [1.807, 2.05) is 36.4 Å². The Labute approximate surface area is 127 Å². The van der Waals surface area contributed by atoms with Gasteiger partial charge in [0.2, 0.25) is 0 Å². The van der Waals surface area contributed by atoms with Crippen LogP contribution < -0.4 is 0 Å². The molecule has 106 valence electrons. The molecular weight excluding hydrogens is 252 g/mol. The molecule has 0 fully saturated rings. The molecule has 0 bridgehead atoms. The molecule has 0 radical (unpaired) electrons. The van der Waals surface area contributed by atoms with Gasteiger partial charge in [0, 0.05) is 5.41 Å². The quantitative estimate of drug-likeness (QED) is 0.572. The summed E-state index contributed by atoms with van der Waals surface area (Å²) in [7, 11) is 0. The number of rotatable bonds is 0. The van der Waals surface area contributed by atoms with Gasteiger partial charge in [0.1, 0.15) is 0 Å². The SMILES string of the molecule is CC1(C)C2=C(C=CCC2)c2ccccc21.c1ccccc1. The van der Waals surface area contributed by atoms with Crippen molar-refractivity contribution in [1.82, 2.24) is 0 Å². The molecule has 4 rings (SSSR count). The van der Waals surface area contributed by atoms with Crippen molar-refractivity contribution in [3.63, 3.8) is 0 Å². The van der Waals surface area contributed by atoms with Gasteiger partial charge in [-0.25, -0.2) is 0 Å². The molecule has 0 amide bonds. The lowest BCUT2D eigenvalue weighted by atomic mass is 9.79. The Morgan fingerprint density at radius 2 is 1.43 bits per heavy atom. The minimum atomic E-state index is 0.247. The van der Waals surface area contributed by atoms with Crippen molar-refractivity contribution in [1.29, 1.82) is 0 Å². The van der Waals surface area contributed by atoms with Crippen LogP contribution in [-0.2, 0) is 5.41 Å². The maximum Gasteiger partial charge on any atom is 0.0120 e. The van der Waals surface area contributed by atoms with Gasteiger partial charge in [-0.15, -0.1) is 0 Å². The lowest BCUT2D eigenvalue weighted by molar-refractivity contribution is 0.607. The molecule has 0 N–H and O–H groups in total. The van der Waals surface area contributed by atoms with E-state index in [0.717, 1.165) is 0 Å². The fourth-order valence-electron chi connectivity index (χ4n) is 3.38. The predicted octanol–water partition coefficient (Wildman–Crippen LogP) is 5.77. The standard InChI is InChI=1S/C15H16.C6H6/c1-15(2)13-9-5-3-7-11(13)12-8-4-6-10-14(12)15;1-2-4-6-5-3-1/h3-5,7-9H,6,10H2,1-2H3;1-6H. The molecule has 0 saturated heterocycles. The monoisotopic (exact) mass is 274 g/mol. The van der Waals surface area contributed by atoms with Crippen LogP contribution in [0.2, 0.25) is 0 Å². The molecule has 0 nitrogen and oxygen atoms in total. The summed E-state index contributed by atoms with van der Waals surface area (Å²) in [6.07, 6.45) is 7.05. The molecule has 0 atom stereocenters. The van der Waals surface area contributed by atoms with Crippen molar-refractivity contribution >= 4 is 5.57 Å². The molecule has 0 spiro atoms. The van der Waals surface area contributed by atoms with Gasteiger partial charge in [-0.1, -0.05) is 92.2 Å². The molecule has 0 heterocycles. The van der Waals surface area contributed by atoms with E-state index in [4.69, 9.17) is 0 Å². The van der Waals surface area contributed by atoms with Crippen LogP contribution in [0.5, 0.6) is 0 Å². The van der Waals surface area contributed by atoms with Crippen LogP contribution in [0.1, 0.15) is 37.8 Å². The van der Waals surface area contributed by atoms with Crippen LogP contribution in [0.25, 0.3) is 5.57 Å². The molecule has 2 aliphatic rings. The minimum absolute atomic E-state index is 0.247. The number of benzene rings is 2. The third kappa shape index (κ3) is 2.58. The second-order valence-corrected chi connectivity index (χ2v) is 6.16. The van der Waals surface area contributed by atoms with Crippen molar-refractivity contribution in [3.8, 4) is 0 Å². The average molecular weight is 274 g/mol. The summed E-state index contributed by atoms with van der Waals surface area (Å²) in [5.74, 6) is 0. The molecule has 0 unspecified atom stereocenters. The van der Waals surface area contributed by atoms with Crippen molar-refractivity contribution in [3.05, 3.63) is 89.5 Å². The van der Waals surface area contributed by atoms with Gasteiger partial charge >= 0.3 is 0 Å². The van der Waals surface area contributed by atoms with Gasteiger partial charge in [-0.3, -0.25) is 0 Å². The summed E-state index contributed by atoms with van der Waals surface area (Å²) >= 11 is 0. The Morgan fingerprint density at radius 1 is 0.810 bits per heavy atom. The maximum atomic E-state index is 2.35. The Bertz CT molecular complexity index is 645. The van der Waals surface area contributed by atoms with Gasteiger partial charge in [0.05, 0.1) is 0 Å². The van der Waals surface area contributed by atoms with Crippen molar-refractivity contribution in [2.75, 3.05) is 0 Å². The van der Waals surface area contributed by atoms with Crippen LogP contribution in [0.3, 0.4) is 0 Å². The van der Waals surface area contributed by atoms with E-state index in [-0.39, 0.29) is 5.41 Å². The van der Waals surface area contributed by atoms with E-state index in [1.165, 1.54) is 29.5 Å². The second-order valence-electron chi connectivity index (χ2n) is 6.16. The van der Waals surface area contributed by atoms with Crippen LogP contribution >= 0.6 is 0 Å². The molecular formula is C21H22. The summed E-state index contributed by atoms with van der Waals surface area (Å²) < 4.78 is 0. The molecule has 2 aromatic carbocycles. The molecule has 21 heavy (non-hydrogen) atoms. The number of hydrogen-bond donors (Lipinski definition) is 0. The van der Waals surface area contributed by atoms with Gasteiger partial charge in [0.25, 0.3) is 0 Å². The lowest BCUT2D eigenvalue weighted by Crippen LogP contribution is -2.17. The Hall–Kier alpha value is -2.08. The molecule has 0 heteroatoms. The van der Waals surface area contributed by atoms with Crippen LogP contribution in [-0.4, -0.2) is 0 Å². The highest BCUT2D eigenvalue weighted by molar-refractivity contribution is 5.86. The first kappa shape index (κ1) is 13.9. The molecule has 0 saturated carbocycles. The van der Waals surface area contributed by atoms with E-state index in [2.05, 4.69) is 50.3 Å². The summed E-state index contributed by atoms with van der Waals surface area (Å²) in [4.78, 5) is 0. The molecule has 2 aliphatic carbocycles. The van der Waals surface area contributed by atoms with Crippen LogP contribution in [0.4, 0.5) is 0 Å². The number of allylic oxidation sites excluding steroid dienone is 4. The van der Waals surface area contributed by atoms with Crippen molar-refractivity contribution < 1.29 is 0 Å². The zero-order chi connectivity index (χ0) is 14.7. The summed E-state index contributed by atoms with van der Waals surface area (Å²) in [5, 5.41) is 0. The maximum absolute atomic E-state index is 2.35. The van der Waals surface area contributed by atoms with Crippen LogP contribution in [0.15, 0.2) is 78.4 Å². The third-order valence-corrected chi connectivity index (χ3v) is 4.48. The number of fused-ring (bicyclic) bond motifs is 2. The number of hydrogen-bond acceptors (Lipinski definition) is 0. The highest BCUT2D eigenvalue weighted by Gasteiger charge is 2.36. The van der Waals surface area contributed by atoms with Gasteiger partial charge < -0.3 is 0 Å². The minimum Gasteiger partial charge on any atom is -0.0836 e. The van der Waals surface area contributed by atoms with E-state index in [9.17, 15) is 0 Å². The summed E-state index contributed by atoms with van der Waals surface area (Å²) in [6.45, 7) is 4.71. The Kier molecular flexibility index (Phi) is 3.79. The predicted molar refractivity (Wildman–Crippen MR) is 91.2 cm³/mol. The highest BCUT2D eigenvalue weighted by Crippen LogP contribution is 2.49. The second kappa shape index (κ2) is 5.73. The summed E-state index contributed by atoms with van der Waals surface area (Å²) in [5.41, 5.74) is 6.32. The first-order valence-electron chi connectivity index (χ1n) is 7.71. The van der Waals surface area contributed by atoms with E-state index in [1.54, 1.807) is 5.57 Å². The fraction of sp³-hybridized carbons (Fsp3) is 0.238. The largest absolute Gasteiger partial charge is 0.0836 e. The third-order valence-electron chi connectivity index (χ3n) is 4.48. The van der Waals surface area contributed by atoms with E-state index >= 15 is 0 Å².